The molecule has 0 fully saturated rings. The number of hydrogen-bond acceptors (Lipinski definition) is 5. The first-order chi connectivity index (χ1) is 12.0. The summed E-state index contributed by atoms with van der Waals surface area (Å²) in [4.78, 5) is 11.2. The van der Waals surface area contributed by atoms with Gasteiger partial charge >= 0.3 is 0 Å². The molecular formula is C19H25NO5. The molecule has 0 radical (unpaired) electrons. The van der Waals surface area contributed by atoms with Gasteiger partial charge in [-0.15, -0.1) is 0 Å². The Morgan fingerprint density at radius 3 is 2.24 bits per heavy atom. The van der Waals surface area contributed by atoms with Gasteiger partial charge in [0.05, 0.1) is 13.2 Å². The zero-order chi connectivity index (χ0) is 18.3. The van der Waals surface area contributed by atoms with Crippen LogP contribution in [0.15, 0.2) is 42.5 Å². The molecule has 0 aliphatic carbocycles. The topological polar surface area (TPSA) is 81.8 Å². The summed E-state index contributed by atoms with van der Waals surface area (Å²) >= 11 is 0. The van der Waals surface area contributed by atoms with Crippen LogP contribution < -0.4 is 0 Å². The fourth-order valence-electron chi connectivity index (χ4n) is 2.84. The van der Waals surface area contributed by atoms with E-state index < -0.39 is 16.6 Å². The summed E-state index contributed by atoms with van der Waals surface area (Å²) in [6.07, 6.45) is 0.106. The molecule has 0 amide bonds. The van der Waals surface area contributed by atoms with Crippen LogP contribution in [0.4, 0.5) is 0 Å². The van der Waals surface area contributed by atoms with E-state index >= 15 is 0 Å². The molecule has 6 heteroatoms. The van der Waals surface area contributed by atoms with Crippen LogP contribution in [0.25, 0.3) is 10.8 Å². The summed E-state index contributed by atoms with van der Waals surface area (Å²) in [5, 5.41) is 24.6. The van der Waals surface area contributed by atoms with E-state index in [0.29, 0.717) is 13.2 Å². The molecule has 0 heterocycles. The molecule has 25 heavy (non-hydrogen) atoms. The highest BCUT2D eigenvalue weighted by atomic mass is 16.6. The third-order valence-electron chi connectivity index (χ3n) is 4.23. The van der Waals surface area contributed by atoms with Gasteiger partial charge < -0.3 is 14.6 Å². The second-order valence-electron chi connectivity index (χ2n) is 6.06. The van der Waals surface area contributed by atoms with Gasteiger partial charge in [0.25, 0.3) is 0 Å². The molecule has 0 bridgehead atoms. The lowest BCUT2D eigenvalue weighted by Gasteiger charge is -2.30. The molecule has 0 saturated carbocycles. The first kappa shape index (κ1) is 19.3. The molecule has 0 aromatic heterocycles. The van der Waals surface area contributed by atoms with Crippen LogP contribution in [0.5, 0.6) is 0 Å². The molecule has 0 aliphatic heterocycles. The Balaban J connectivity index is 2.28. The van der Waals surface area contributed by atoms with Gasteiger partial charge in [0.1, 0.15) is 0 Å². The summed E-state index contributed by atoms with van der Waals surface area (Å²) in [6.45, 7) is 4.03. The Hall–Kier alpha value is -2.02. The third-order valence-corrected chi connectivity index (χ3v) is 4.23. The minimum absolute atomic E-state index is 0.106. The van der Waals surface area contributed by atoms with Crippen LogP contribution in [0.2, 0.25) is 0 Å². The van der Waals surface area contributed by atoms with E-state index in [0.717, 1.165) is 16.3 Å². The Labute approximate surface area is 147 Å². The van der Waals surface area contributed by atoms with Crippen LogP contribution in [0.3, 0.4) is 0 Å². The van der Waals surface area contributed by atoms with Gasteiger partial charge in [-0.3, -0.25) is 10.1 Å². The average Bonchev–Trinajstić information content (AvgIpc) is 2.62. The molecule has 0 saturated heterocycles. The lowest BCUT2D eigenvalue weighted by molar-refractivity contribution is -0.548. The second-order valence-corrected chi connectivity index (χ2v) is 6.06. The molecule has 2 aromatic rings. The first-order valence-corrected chi connectivity index (χ1v) is 8.49. The van der Waals surface area contributed by atoms with E-state index in [1.165, 1.54) is 0 Å². The number of fused-ring (bicyclic) bond motifs is 1. The normalized spacial score (nSPS) is 13.1. The van der Waals surface area contributed by atoms with Gasteiger partial charge in [0.2, 0.25) is 6.04 Å². The number of rotatable bonds is 10. The van der Waals surface area contributed by atoms with E-state index in [1.807, 2.05) is 42.5 Å². The van der Waals surface area contributed by atoms with Crippen molar-refractivity contribution < 1.29 is 19.5 Å². The molecular weight excluding hydrogens is 322 g/mol. The lowest BCUT2D eigenvalue weighted by Crippen LogP contribution is -2.55. The number of benzene rings is 2. The van der Waals surface area contributed by atoms with Crippen molar-refractivity contribution in [1.29, 1.82) is 0 Å². The van der Waals surface area contributed by atoms with Crippen molar-refractivity contribution in [2.45, 2.75) is 31.9 Å². The predicted octanol–water partition coefficient (Wildman–Crippen LogP) is 2.83. The molecule has 1 N–H and O–H groups in total. The Kier molecular flexibility index (Phi) is 6.87. The Morgan fingerprint density at radius 1 is 1.08 bits per heavy atom. The van der Waals surface area contributed by atoms with E-state index in [1.54, 1.807) is 13.8 Å². The minimum Gasteiger partial charge on any atom is -0.378 e. The van der Waals surface area contributed by atoms with Crippen molar-refractivity contribution in [3.63, 3.8) is 0 Å². The maximum atomic E-state index is 11.7. The highest BCUT2D eigenvalue weighted by Crippen LogP contribution is 2.23. The van der Waals surface area contributed by atoms with Gasteiger partial charge in [-0.25, -0.2) is 0 Å². The van der Waals surface area contributed by atoms with Crippen molar-refractivity contribution in [2.24, 2.45) is 0 Å². The third kappa shape index (κ3) is 4.98. The zero-order valence-electron chi connectivity index (χ0n) is 14.7. The highest BCUT2D eigenvalue weighted by molar-refractivity contribution is 5.82. The maximum Gasteiger partial charge on any atom is 0.249 e. The number of nitrogens with zero attached hydrogens (tertiary/aromatic N) is 1. The van der Waals surface area contributed by atoms with E-state index in [4.69, 9.17) is 9.47 Å². The average molecular weight is 347 g/mol. The number of nitro groups is 1. The van der Waals surface area contributed by atoms with Gasteiger partial charge in [0, 0.05) is 24.6 Å². The molecule has 1 unspecified atom stereocenters. The summed E-state index contributed by atoms with van der Waals surface area (Å²) in [7, 11) is 0. The van der Waals surface area contributed by atoms with Crippen LogP contribution in [0.1, 0.15) is 19.4 Å². The Bertz CT molecular complexity index is 695. The second kappa shape index (κ2) is 8.89. The van der Waals surface area contributed by atoms with Crippen LogP contribution >= 0.6 is 0 Å². The fourth-order valence-corrected chi connectivity index (χ4v) is 2.84. The van der Waals surface area contributed by atoms with Gasteiger partial charge in [-0.1, -0.05) is 42.5 Å². The molecule has 136 valence electrons. The largest absolute Gasteiger partial charge is 0.378 e. The van der Waals surface area contributed by atoms with Crippen molar-refractivity contribution in [2.75, 3.05) is 26.4 Å². The van der Waals surface area contributed by atoms with Crippen molar-refractivity contribution in [1.82, 2.24) is 0 Å². The smallest absolute Gasteiger partial charge is 0.249 e. The van der Waals surface area contributed by atoms with Crippen molar-refractivity contribution in [3.8, 4) is 0 Å². The van der Waals surface area contributed by atoms with E-state index in [-0.39, 0.29) is 19.6 Å². The van der Waals surface area contributed by atoms with Crippen LogP contribution in [0, 0.1) is 10.1 Å². The van der Waals surface area contributed by atoms with Crippen LogP contribution in [-0.2, 0) is 15.9 Å². The quantitative estimate of drug-likeness (QED) is 0.528. The fraction of sp³-hybridized carbons (Fsp3) is 0.474. The molecule has 0 spiro atoms. The molecule has 0 aliphatic rings. The minimum atomic E-state index is -1.68. The molecule has 2 rings (SSSR count). The van der Waals surface area contributed by atoms with Crippen molar-refractivity contribution >= 4 is 10.8 Å². The molecule has 1 atom stereocenters. The van der Waals surface area contributed by atoms with Crippen molar-refractivity contribution in [3.05, 3.63) is 58.1 Å². The molecule has 6 nitrogen and oxygen atoms in total. The molecule has 2 aromatic carbocycles. The van der Waals surface area contributed by atoms with Gasteiger partial charge in [-0.2, -0.15) is 0 Å². The monoisotopic (exact) mass is 347 g/mol. The predicted molar refractivity (Wildman–Crippen MR) is 96.4 cm³/mol. The van der Waals surface area contributed by atoms with Gasteiger partial charge in [-0.05, 0) is 30.2 Å². The van der Waals surface area contributed by atoms with Gasteiger partial charge in [0.15, 0.2) is 5.60 Å². The van der Waals surface area contributed by atoms with E-state index in [2.05, 4.69) is 0 Å². The lowest BCUT2D eigenvalue weighted by atomic mass is 9.90. The number of ether oxygens (including phenoxy) is 2. The summed E-state index contributed by atoms with van der Waals surface area (Å²) in [5.74, 6) is 0. The number of aliphatic hydroxyl groups is 1. The van der Waals surface area contributed by atoms with Crippen LogP contribution in [-0.4, -0.2) is 48.1 Å². The van der Waals surface area contributed by atoms with E-state index in [9.17, 15) is 15.2 Å². The summed E-state index contributed by atoms with van der Waals surface area (Å²) < 4.78 is 10.6. The maximum absolute atomic E-state index is 11.7. The SMILES string of the molecule is CCOCC(O)(COCC)C(Cc1ccc2ccccc2c1)[N+](=O)[O-]. The Morgan fingerprint density at radius 2 is 1.68 bits per heavy atom. The zero-order valence-corrected chi connectivity index (χ0v) is 14.7. The number of hydrogen-bond donors (Lipinski definition) is 1. The summed E-state index contributed by atoms with van der Waals surface area (Å²) in [6, 6.07) is 12.3. The first-order valence-electron chi connectivity index (χ1n) is 8.49. The standard InChI is InChI=1S/C19H25NO5/c1-3-24-13-19(21,14-25-4-2)18(20(22)23)12-15-9-10-16-7-5-6-8-17(16)11-15/h5-11,18,21H,3-4,12-14H2,1-2H3. The summed E-state index contributed by atoms with van der Waals surface area (Å²) in [5.41, 5.74) is -0.881. The highest BCUT2D eigenvalue weighted by Gasteiger charge is 2.46.